The molecule has 0 N–H and O–H groups in total. The summed E-state index contributed by atoms with van der Waals surface area (Å²) in [5, 5.41) is 11.1. The van der Waals surface area contributed by atoms with Crippen LogP contribution in [0.4, 0.5) is 11.5 Å². The minimum atomic E-state index is -0.430. The Bertz CT molecular complexity index is 466. The van der Waals surface area contributed by atoms with Crippen LogP contribution in [0.15, 0.2) is 12.1 Å². The molecule has 0 fully saturated rings. The molecule has 1 aromatic heterocycles. The zero-order valence-electron chi connectivity index (χ0n) is 13.2. The van der Waals surface area contributed by atoms with E-state index < -0.39 is 4.92 Å². The first-order valence-electron chi connectivity index (χ1n) is 7.36. The van der Waals surface area contributed by atoms with Gasteiger partial charge in [0.2, 0.25) is 0 Å². The Kier molecular flexibility index (Phi) is 6.89. The smallest absolute Gasteiger partial charge is 0.276 e. The maximum absolute atomic E-state index is 11.0. The summed E-state index contributed by atoms with van der Waals surface area (Å²) in [6.07, 6.45) is 2.03. The fourth-order valence-electron chi connectivity index (χ4n) is 1.91. The van der Waals surface area contributed by atoms with E-state index in [2.05, 4.69) is 37.6 Å². The molecular weight excluding hydrogens is 290 g/mol. The molecule has 0 aliphatic heterocycles. The van der Waals surface area contributed by atoms with Gasteiger partial charge in [0.25, 0.3) is 5.69 Å². The van der Waals surface area contributed by atoms with E-state index in [1.807, 2.05) is 0 Å². The summed E-state index contributed by atoms with van der Waals surface area (Å²) in [6.45, 7) is 10.3. The molecule has 0 spiro atoms. The second-order valence-corrected chi connectivity index (χ2v) is 6.50. The Hall–Kier alpha value is -1.36. The number of anilines is 1. The van der Waals surface area contributed by atoms with Crippen molar-refractivity contribution in [2.75, 3.05) is 18.0 Å². The molecular formula is C15H24ClN3O2. The third kappa shape index (κ3) is 6.29. The predicted molar refractivity (Wildman–Crippen MR) is 87.0 cm³/mol. The Morgan fingerprint density at radius 3 is 2.14 bits per heavy atom. The third-order valence-electron chi connectivity index (χ3n) is 3.25. The summed E-state index contributed by atoms with van der Waals surface area (Å²) in [5.74, 6) is 1.73. The van der Waals surface area contributed by atoms with E-state index in [0.29, 0.717) is 17.7 Å². The average Bonchev–Trinajstić information content (AvgIpc) is 2.37. The van der Waals surface area contributed by atoms with Crippen molar-refractivity contribution in [1.82, 2.24) is 4.98 Å². The number of hydrogen-bond donors (Lipinski definition) is 0. The number of halogens is 1. The zero-order chi connectivity index (χ0) is 16.0. The van der Waals surface area contributed by atoms with E-state index in [0.717, 1.165) is 25.9 Å². The van der Waals surface area contributed by atoms with Crippen LogP contribution in [-0.2, 0) is 0 Å². The molecule has 0 atom stereocenters. The minimum absolute atomic E-state index is 0.0101. The van der Waals surface area contributed by atoms with Crippen molar-refractivity contribution >= 4 is 23.1 Å². The van der Waals surface area contributed by atoms with Gasteiger partial charge in [0, 0.05) is 13.1 Å². The Labute approximate surface area is 131 Å². The molecule has 0 saturated carbocycles. The normalized spacial score (nSPS) is 11.2. The van der Waals surface area contributed by atoms with Gasteiger partial charge in [0.15, 0.2) is 0 Å². The summed E-state index contributed by atoms with van der Waals surface area (Å²) in [6, 6.07) is 2.79. The number of aromatic nitrogens is 1. The third-order valence-corrected chi connectivity index (χ3v) is 3.45. The second kappa shape index (κ2) is 8.17. The van der Waals surface area contributed by atoms with Crippen LogP contribution < -0.4 is 4.90 Å². The molecule has 6 heteroatoms. The van der Waals surface area contributed by atoms with Crippen LogP contribution in [-0.4, -0.2) is 23.0 Å². The molecule has 21 heavy (non-hydrogen) atoms. The first kappa shape index (κ1) is 17.7. The number of pyridine rings is 1. The maximum atomic E-state index is 11.0. The highest BCUT2D eigenvalue weighted by Gasteiger charge is 2.16. The van der Waals surface area contributed by atoms with Gasteiger partial charge in [0.1, 0.15) is 11.0 Å². The summed E-state index contributed by atoms with van der Waals surface area (Å²) in [5.41, 5.74) is -0.0101. The molecule has 1 rings (SSSR count). The lowest BCUT2D eigenvalue weighted by atomic mass is 10.1. The van der Waals surface area contributed by atoms with Crippen LogP contribution in [0.5, 0.6) is 0 Å². The number of hydrogen-bond acceptors (Lipinski definition) is 4. The highest BCUT2D eigenvalue weighted by Crippen LogP contribution is 2.24. The topological polar surface area (TPSA) is 59.3 Å². The van der Waals surface area contributed by atoms with Gasteiger partial charge < -0.3 is 4.90 Å². The summed E-state index contributed by atoms with van der Waals surface area (Å²) >= 11 is 5.92. The van der Waals surface area contributed by atoms with Crippen molar-refractivity contribution in [1.29, 1.82) is 0 Å². The Morgan fingerprint density at radius 2 is 1.71 bits per heavy atom. The molecule has 0 radical (unpaired) electrons. The summed E-state index contributed by atoms with van der Waals surface area (Å²) in [7, 11) is 0. The van der Waals surface area contributed by atoms with Gasteiger partial charge in [-0.15, -0.1) is 0 Å². The molecule has 0 unspecified atom stereocenters. The lowest BCUT2D eigenvalue weighted by Crippen LogP contribution is -2.28. The fourth-order valence-corrected chi connectivity index (χ4v) is 2.10. The summed E-state index contributed by atoms with van der Waals surface area (Å²) < 4.78 is 0. The number of rotatable bonds is 8. The Morgan fingerprint density at radius 1 is 1.19 bits per heavy atom. The molecule has 0 aliphatic rings. The molecule has 0 saturated heterocycles. The molecule has 0 amide bonds. The first-order chi connectivity index (χ1) is 9.79. The SMILES string of the molecule is CC(C)CCN(CCC(C)C)c1cc([N+](=O)[O-])cc(Cl)n1. The minimum Gasteiger partial charge on any atom is -0.356 e. The van der Waals surface area contributed by atoms with E-state index in [9.17, 15) is 10.1 Å². The Balaban J connectivity index is 2.97. The zero-order valence-corrected chi connectivity index (χ0v) is 13.9. The van der Waals surface area contributed by atoms with Gasteiger partial charge in [-0.3, -0.25) is 10.1 Å². The second-order valence-electron chi connectivity index (χ2n) is 6.12. The van der Waals surface area contributed by atoms with Crippen LogP contribution >= 0.6 is 11.6 Å². The van der Waals surface area contributed by atoms with Gasteiger partial charge in [-0.05, 0) is 24.7 Å². The van der Waals surface area contributed by atoms with E-state index in [1.54, 1.807) is 0 Å². The van der Waals surface area contributed by atoms with E-state index in [1.165, 1.54) is 12.1 Å². The maximum Gasteiger partial charge on any atom is 0.276 e. The molecule has 5 nitrogen and oxygen atoms in total. The highest BCUT2D eigenvalue weighted by atomic mass is 35.5. The lowest BCUT2D eigenvalue weighted by molar-refractivity contribution is -0.384. The predicted octanol–water partition coefficient (Wildman–Crippen LogP) is 4.54. The van der Waals surface area contributed by atoms with E-state index in [4.69, 9.17) is 11.6 Å². The van der Waals surface area contributed by atoms with Gasteiger partial charge >= 0.3 is 0 Å². The molecule has 0 aliphatic carbocycles. The highest BCUT2D eigenvalue weighted by molar-refractivity contribution is 6.29. The van der Waals surface area contributed by atoms with Gasteiger partial charge in [0.05, 0.1) is 17.1 Å². The number of nitrogens with zero attached hydrogens (tertiary/aromatic N) is 3. The van der Waals surface area contributed by atoms with Crippen LogP contribution in [0.25, 0.3) is 0 Å². The van der Waals surface area contributed by atoms with E-state index >= 15 is 0 Å². The van der Waals surface area contributed by atoms with Crippen molar-refractivity contribution in [3.05, 3.63) is 27.4 Å². The van der Waals surface area contributed by atoms with Gasteiger partial charge in [-0.25, -0.2) is 4.98 Å². The quantitative estimate of drug-likeness (QED) is 0.401. The molecule has 118 valence electrons. The van der Waals surface area contributed by atoms with Crippen molar-refractivity contribution < 1.29 is 4.92 Å². The number of nitro groups is 1. The lowest BCUT2D eigenvalue weighted by Gasteiger charge is -2.25. The monoisotopic (exact) mass is 313 g/mol. The molecule has 0 aromatic carbocycles. The summed E-state index contributed by atoms with van der Waals surface area (Å²) in [4.78, 5) is 16.9. The van der Waals surface area contributed by atoms with Gasteiger partial charge in [-0.1, -0.05) is 39.3 Å². The van der Waals surface area contributed by atoms with Crippen LogP contribution in [0.1, 0.15) is 40.5 Å². The molecule has 1 heterocycles. The largest absolute Gasteiger partial charge is 0.356 e. The first-order valence-corrected chi connectivity index (χ1v) is 7.74. The fraction of sp³-hybridized carbons (Fsp3) is 0.667. The molecule has 0 bridgehead atoms. The van der Waals surface area contributed by atoms with Crippen LogP contribution in [0.3, 0.4) is 0 Å². The average molecular weight is 314 g/mol. The standard InChI is InChI=1S/C15H24ClN3O2/c1-11(2)5-7-18(8-6-12(3)4)15-10-13(19(20)21)9-14(16)17-15/h9-12H,5-8H2,1-4H3. The van der Waals surface area contributed by atoms with Gasteiger partial charge in [-0.2, -0.15) is 0 Å². The molecule has 1 aromatic rings. The van der Waals surface area contributed by atoms with Crippen molar-refractivity contribution in [3.8, 4) is 0 Å². The van der Waals surface area contributed by atoms with E-state index in [-0.39, 0.29) is 10.8 Å². The van der Waals surface area contributed by atoms with Crippen LogP contribution in [0, 0.1) is 22.0 Å². The van der Waals surface area contributed by atoms with Crippen molar-refractivity contribution in [2.45, 2.75) is 40.5 Å². The van der Waals surface area contributed by atoms with Crippen molar-refractivity contribution in [2.24, 2.45) is 11.8 Å². The van der Waals surface area contributed by atoms with Crippen LogP contribution in [0.2, 0.25) is 5.15 Å². The van der Waals surface area contributed by atoms with Crippen molar-refractivity contribution in [3.63, 3.8) is 0 Å².